The Morgan fingerprint density at radius 1 is 1.21 bits per heavy atom. The highest BCUT2D eigenvalue weighted by atomic mass is 19.3. The highest BCUT2D eigenvalue weighted by molar-refractivity contribution is 5.92. The Kier molecular flexibility index (Phi) is 7.86. The summed E-state index contributed by atoms with van der Waals surface area (Å²) in [7, 11) is 1.38. The van der Waals surface area contributed by atoms with E-state index in [2.05, 4.69) is 15.0 Å². The topological polar surface area (TPSA) is 50.8 Å². The molecule has 0 radical (unpaired) electrons. The third-order valence-corrected chi connectivity index (χ3v) is 5.76. The molecule has 0 atom stereocenters. The first-order chi connectivity index (χ1) is 14.0. The molecule has 29 heavy (non-hydrogen) atoms. The molecule has 0 bridgehead atoms. The molecule has 1 amide bonds. The van der Waals surface area contributed by atoms with Gasteiger partial charge in [-0.25, -0.2) is 0 Å². The van der Waals surface area contributed by atoms with E-state index in [1.165, 1.54) is 51.5 Å². The monoisotopic (exact) mass is 408 g/mol. The minimum Gasteiger partial charge on any atom is -0.493 e. The number of piperidine rings is 1. The summed E-state index contributed by atoms with van der Waals surface area (Å²) in [5.74, 6) is 0.876. The minimum absolute atomic E-state index is 0.0338. The van der Waals surface area contributed by atoms with Gasteiger partial charge in [-0.15, -0.1) is 0 Å². The maximum absolute atomic E-state index is 12.4. The Bertz CT molecular complexity index is 697. The Hall–Kier alpha value is -2.15. The summed E-state index contributed by atoms with van der Waals surface area (Å²) in [6.45, 7) is 0.357. The van der Waals surface area contributed by atoms with Crippen LogP contribution in [0.4, 0.5) is 8.78 Å². The first kappa shape index (κ1) is 21.6. The van der Waals surface area contributed by atoms with Crippen LogP contribution in [0.1, 0.15) is 44.1 Å². The lowest BCUT2D eigenvalue weighted by Gasteiger charge is -2.33. The van der Waals surface area contributed by atoms with Gasteiger partial charge in [0.05, 0.1) is 7.11 Å². The number of benzene rings is 1. The van der Waals surface area contributed by atoms with Gasteiger partial charge in [-0.05, 0) is 55.4 Å². The van der Waals surface area contributed by atoms with Crippen LogP contribution in [0.25, 0.3) is 6.08 Å². The number of methoxy groups -OCH3 is 1. The van der Waals surface area contributed by atoms with Gasteiger partial charge in [0.2, 0.25) is 5.91 Å². The van der Waals surface area contributed by atoms with Crippen LogP contribution in [-0.4, -0.2) is 50.2 Å². The minimum atomic E-state index is -2.92. The van der Waals surface area contributed by atoms with E-state index in [4.69, 9.17) is 4.74 Å². The fourth-order valence-electron chi connectivity index (χ4n) is 4.22. The number of nitrogens with one attached hydrogen (secondary N) is 1. The van der Waals surface area contributed by atoms with Crippen molar-refractivity contribution in [2.45, 2.75) is 51.2 Å². The molecule has 1 aliphatic heterocycles. The van der Waals surface area contributed by atoms with E-state index < -0.39 is 6.61 Å². The van der Waals surface area contributed by atoms with Crippen molar-refractivity contribution >= 4 is 12.0 Å². The van der Waals surface area contributed by atoms with Crippen LogP contribution in [0.3, 0.4) is 0 Å². The van der Waals surface area contributed by atoms with Crippen molar-refractivity contribution in [3.8, 4) is 11.5 Å². The quantitative estimate of drug-likeness (QED) is 0.659. The van der Waals surface area contributed by atoms with E-state index in [9.17, 15) is 13.6 Å². The Morgan fingerprint density at radius 3 is 2.59 bits per heavy atom. The Balaban J connectivity index is 1.45. The number of carbonyl (C=O) groups excluding carboxylic acids is 1. The number of rotatable bonds is 8. The number of amides is 1. The zero-order chi connectivity index (χ0) is 20.6. The molecule has 2 fully saturated rings. The van der Waals surface area contributed by atoms with Crippen molar-refractivity contribution in [1.82, 2.24) is 10.2 Å². The summed E-state index contributed by atoms with van der Waals surface area (Å²) >= 11 is 0. The van der Waals surface area contributed by atoms with Crippen LogP contribution in [-0.2, 0) is 4.79 Å². The molecule has 0 unspecified atom stereocenters. The first-order valence-corrected chi connectivity index (χ1v) is 10.4. The van der Waals surface area contributed by atoms with Gasteiger partial charge in [0.15, 0.2) is 11.5 Å². The van der Waals surface area contributed by atoms with Gasteiger partial charge in [-0.1, -0.05) is 18.9 Å². The number of ether oxygens (including phenoxy) is 2. The van der Waals surface area contributed by atoms with Crippen molar-refractivity contribution in [3.05, 3.63) is 29.8 Å². The molecule has 1 aliphatic carbocycles. The van der Waals surface area contributed by atoms with Gasteiger partial charge in [-0.2, -0.15) is 8.78 Å². The predicted octanol–water partition coefficient (Wildman–Crippen LogP) is 4.08. The van der Waals surface area contributed by atoms with Crippen LogP contribution < -0.4 is 14.8 Å². The van der Waals surface area contributed by atoms with Gasteiger partial charge in [-0.3, -0.25) is 4.79 Å². The van der Waals surface area contributed by atoms with E-state index in [1.807, 2.05) is 0 Å². The van der Waals surface area contributed by atoms with Gasteiger partial charge < -0.3 is 19.7 Å². The number of hydrogen-bond acceptors (Lipinski definition) is 4. The number of hydrogen-bond donors (Lipinski definition) is 1. The van der Waals surface area contributed by atoms with Crippen LogP contribution in [0.5, 0.6) is 11.5 Å². The van der Waals surface area contributed by atoms with E-state index in [0.717, 1.165) is 31.8 Å². The van der Waals surface area contributed by atoms with Crippen molar-refractivity contribution in [3.63, 3.8) is 0 Å². The molecule has 1 saturated carbocycles. The van der Waals surface area contributed by atoms with Crippen LogP contribution in [0, 0.1) is 5.92 Å². The maximum Gasteiger partial charge on any atom is 0.387 e. The maximum atomic E-state index is 12.4. The molecule has 2 aliphatic rings. The fraction of sp³-hybridized carbons (Fsp3) is 0.591. The molecular formula is C22H30F2N2O3. The second-order valence-electron chi connectivity index (χ2n) is 7.86. The van der Waals surface area contributed by atoms with E-state index in [1.54, 1.807) is 18.2 Å². The van der Waals surface area contributed by atoms with Crippen molar-refractivity contribution in [2.75, 3.05) is 26.7 Å². The van der Waals surface area contributed by atoms with Gasteiger partial charge in [0.25, 0.3) is 0 Å². The summed E-state index contributed by atoms with van der Waals surface area (Å²) in [4.78, 5) is 14.8. The molecule has 1 saturated heterocycles. The third kappa shape index (κ3) is 6.70. The summed E-state index contributed by atoms with van der Waals surface area (Å²) in [5.41, 5.74) is 0.671. The Labute approximate surface area is 171 Å². The highest BCUT2D eigenvalue weighted by Crippen LogP contribution is 2.30. The number of halogens is 2. The zero-order valence-electron chi connectivity index (χ0n) is 16.9. The number of carbonyl (C=O) groups is 1. The molecule has 0 spiro atoms. The normalized spacial score (nSPS) is 19.2. The third-order valence-electron chi connectivity index (χ3n) is 5.76. The largest absolute Gasteiger partial charge is 0.493 e. The Morgan fingerprint density at radius 2 is 1.93 bits per heavy atom. The average molecular weight is 408 g/mol. The number of nitrogens with zero attached hydrogens (tertiary/aromatic N) is 1. The van der Waals surface area contributed by atoms with E-state index in [-0.39, 0.29) is 23.4 Å². The van der Waals surface area contributed by atoms with E-state index >= 15 is 0 Å². The number of likely N-dealkylation sites (tertiary alicyclic amines) is 1. The van der Waals surface area contributed by atoms with Gasteiger partial charge in [0, 0.05) is 31.8 Å². The van der Waals surface area contributed by atoms with Gasteiger partial charge >= 0.3 is 6.61 Å². The molecule has 1 aromatic carbocycles. The lowest BCUT2D eigenvalue weighted by molar-refractivity contribution is -0.117. The van der Waals surface area contributed by atoms with Crippen LogP contribution >= 0.6 is 0 Å². The predicted molar refractivity (Wildman–Crippen MR) is 108 cm³/mol. The molecule has 1 N–H and O–H groups in total. The molecule has 1 aromatic rings. The second kappa shape index (κ2) is 10.6. The molecular weight excluding hydrogens is 378 g/mol. The fourth-order valence-corrected chi connectivity index (χ4v) is 4.22. The summed E-state index contributed by atoms with van der Waals surface area (Å²) in [5, 5.41) is 3.06. The van der Waals surface area contributed by atoms with Crippen LogP contribution in [0.2, 0.25) is 0 Å². The zero-order valence-corrected chi connectivity index (χ0v) is 16.9. The molecule has 1 heterocycles. The molecule has 160 valence electrons. The van der Waals surface area contributed by atoms with E-state index in [0.29, 0.717) is 5.56 Å². The number of alkyl halides is 2. The molecule has 7 heteroatoms. The lowest BCUT2D eigenvalue weighted by atomic mass is 10.0. The standard InChI is InChI=1S/C22H30F2N2O3/c1-28-20-14-16(6-8-19(20)29-22(23)24)7-9-21(27)25-18-10-12-26(13-11-18)15-17-4-2-3-5-17/h6-9,14,17-18,22H,2-5,10-13,15H2,1H3,(H,25,27)/b9-7+. The average Bonchev–Trinajstić information content (AvgIpc) is 3.21. The second-order valence-corrected chi connectivity index (χ2v) is 7.86. The summed E-state index contributed by atoms with van der Waals surface area (Å²) in [6.07, 6.45) is 10.5. The van der Waals surface area contributed by atoms with Crippen molar-refractivity contribution in [1.29, 1.82) is 0 Å². The SMILES string of the molecule is COc1cc(/C=C/C(=O)NC2CCN(CC3CCCC3)CC2)ccc1OC(F)F. The highest BCUT2D eigenvalue weighted by Gasteiger charge is 2.23. The summed E-state index contributed by atoms with van der Waals surface area (Å²) < 4.78 is 34.3. The molecule has 0 aromatic heterocycles. The molecule has 5 nitrogen and oxygen atoms in total. The smallest absolute Gasteiger partial charge is 0.387 e. The first-order valence-electron chi connectivity index (χ1n) is 10.4. The van der Waals surface area contributed by atoms with Crippen LogP contribution in [0.15, 0.2) is 24.3 Å². The van der Waals surface area contributed by atoms with Gasteiger partial charge in [0.1, 0.15) is 0 Å². The van der Waals surface area contributed by atoms with Crippen molar-refractivity contribution < 1.29 is 23.0 Å². The van der Waals surface area contributed by atoms with Crippen molar-refractivity contribution in [2.24, 2.45) is 5.92 Å². The summed E-state index contributed by atoms with van der Waals surface area (Å²) in [6, 6.07) is 4.76. The lowest BCUT2D eigenvalue weighted by Crippen LogP contribution is -2.45. The molecule has 3 rings (SSSR count).